The highest BCUT2D eigenvalue weighted by Crippen LogP contribution is 2.31. The topological polar surface area (TPSA) is 57.9 Å². The zero-order valence-electron chi connectivity index (χ0n) is 9.16. The highest BCUT2D eigenvalue weighted by atomic mass is 19.1. The SMILES string of the molecule is CN(C)c1c(F)cccc1-c1cc(N)n[nH]1. The highest BCUT2D eigenvalue weighted by Gasteiger charge is 2.13. The van der Waals surface area contributed by atoms with Crippen molar-refractivity contribution in [1.82, 2.24) is 10.2 Å². The molecule has 0 radical (unpaired) electrons. The van der Waals surface area contributed by atoms with Gasteiger partial charge in [0.25, 0.3) is 0 Å². The number of rotatable bonds is 2. The van der Waals surface area contributed by atoms with E-state index in [4.69, 9.17) is 5.73 Å². The molecule has 0 atom stereocenters. The molecule has 1 aromatic heterocycles. The largest absolute Gasteiger partial charge is 0.382 e. The van der Waals surface area contributed by atoms with Gasteiger partial charge in [-0.1, -0.05) is 12.1 Å². The zero-order valence-corrected chi connectivity index (χ0v) is 9.16. The van der Waals surface area contributed by atoms with E-state index in [1.165, 1.54) is 6.07 Å². The lowest BCUT2D eigenvalue weighted by molar-refractivity contribution is 0.626. The van der Waals surface area contributed by atoms with Gasteiger partial charge in [-0.25, -0.2) is 4.39 Å². The van der Waals surface area contributed by atoms with Crippen LogP contribution in [0, 0.1) is 5.82 Å². The van der Waals surface area contributed by atoms with Crippen molar-refractivity contribution in [3.63, 3.8) is 0 Å². The fraction of sp³-hybridized carbons (Fsp3) is 0.182. The Morgan fingerprint density at radius 2 is 2.12 bits per heavy atom. The van der Waals surface area contributed by atoms with E-state index in [0.717, 1.165) is 5.56 Å². The lowest BCUT2D eigenvalue weighted by atomic mass is 10.1. The van der Waals surface area contributed by atoms with Gasteiger partial charge >= 0.3 is 0 Å². The summed E-state index contributed by atoms with van der Waals surface area (Å²) >= 11 is 0. The van der Waals surface area contributed by atoms with Crippen molar-refractivity contribution in [2.75, 3.05) is 24.7 Å². The predicted octanol–water partition coefficient (Wildman–Crippen LogP) is 1.86. The Bertz CT molecular complexity index is 504. The van der Waals surface area contributed by atoms with Gasteiger partial charge < -0.3 is 10.6 Å². The van der Waals surface area contributed by atoms with E-state index < -0.39 is 0 Å². The molecule has 1 heterocycles. The van der Waals surface area contributed by atoms with Crippen LogP contribution in [0.25, 0.3) is 11.3 Å². The Kier molecular flexibility index (Phi) is 2.52. The molecule has 84 valence electrons. The summed E-state index contributed by atoms with van der Waals surface area (Å²) in [5.41, 5.74) is 7.50. The normalized spacial score (nSPS) is 10.4. The first-order valence-electron chi connectivity index (χ1n) is 4.86. The second kappa shape index (κ2) is 3.84. The van der Waals surface area contributed by atoms with Gasteiger partial charge in [-0.3, -0.25) is 5.10 Å². The van der Waals surface area contributed by atoms with E-state index in [1.807, 2.05) is 6.07 Å². The van der Waals surface area contributed by atoms with Crippen LogP contribution in [0.1, 0.15) is 0 Å². The molecular formula is C11H13FN4. The zero-order chi connectivity index (χ0) is 11.7. The van der Waals surface area contributed by atoms with Crippen molar-refractivity contribution < 1.29 is 4.39 Å². The summed E-state index contributed by atoms with van der Waals surface area (Å²) in [7, 11) is 3.59. The van der Waals surface area contributed by atoms with Crippen molar-refractivity contribution in [3.8, 4) is 11.3 Å². The number of nitrogens with one attached hydrogen (secondary N) is 1. The summed E-state index contributed by atoms with van der Waals surface area (Å²) in [5, 5.41) is 6.61. The Morgan fingerprint density at radius 1 is 1.38 bits per heavy atom. The number of hydrogen-bond donors (Lipinski definition) is 2. The first-order valence-corrected chi connectivity index (χ1v) is 4.86. The molecule has 0 saturated carbocycles. The van der Waals surface area contributed by atoms with E-state index in [2.05, 4.69) is 10.2 Å². The van der Waals surface area contributed by atoms with Crippen molar-refractivity contribution in [2.45, 2.75) is 0 Å². The molecule has 0 aliphatic carbocycles. The summed E-state index contributed by atoms with van der Waals surface area (Å²) in [6.07, 6.45) is 0. The smallest absolute Gasteiger partial charge is 0.147 e. The number of aromatic amines is 1. The quantitative estimate of drug-likeness (QED) is 0.812. The summed E-state index contributed by atoms with van der Waals surface area (Å²) in [4.78, 5) is 1.72. The Morgan fingerprint density at radius 3 is 2.69 bits per heavy atom. The van der Waals surface area contributed by atoms with E-state index in [9.17, 15) is 4.39 Å². The van der Waals surface area contributed by atoms with E-state index in [-0.39, 0.29) is 5.82 Å². The Balaban J connectivity index is 2.60. The first-order chi connectivity index (χ1) is 7.59. The molecule has 1 aromatic carbocycles. The van der Waals surface area contributed by atoms with E-state index in [1.54, 1.807) is 31.1 Å². The van der Waals surface area contributed by atoms with Gasteiger partial charge in [-0.05, 0) is 6.07 Å². The van der Waals surface area contributed by atoms with Crippen molar-refractivity contribution in [2.24, 2.45) is 0 Å². The monoisotopic (exact) mass is 220 g/mol. The number of aromatic nitrogens is 2. The molecular weight excluding hydrogens is 207 g/mol. The minimum absolute atomic E-state index is 0.268. The maximum Gasteiger partial charge on any atom is 0.147 e. The van der Waals surface area contributed by atoms with Crippen LogP contribution in [0.3, 0.4) is 0 Å². The average molecular weight is 220 g/mol. The minimum atomic E-state index is -0.268. The molecule has 2 rings (SSSR count). The van der Waals surface area contributed by atoms with Crippen molar-refractivity contribution in [1.29, 1.82) is 0 Å². The van der Waals surface area contributed by atoms with Crippen LogP contribution >= 0.6 is 0 Å². The van der Waals surface area contributed by atoms with Gasteiger partial charge in [0.1, 0.15) is 11.6 Å². The van der Waals surface area contributed by atoms with Crippen LogP contribution in [0.15, 0.2) is 24.3 Å². The maximum atomic E-state index is 13.7. The standard InChI is InChI=1S/C11H13FN4/c1-16(2)11-7(4-3-5-8(11)12)9-6-10(13)15-14-9/h3-6H,1-2H3,(H3,13,14,15). The second-order valence-electron chi connectivity index (χ2n) is 3.74. The van der Waals surface area contributed by atoms with E-state index >= 15 is 0 Å². The number of H-pyrrole nitrogens is 1. The first kappa shape index (κ1) is 10.5. The Labute approximate surface area is 92.9 Å². The number of nitrogens with two attached hydrogens (primary N) is 1. The molecule has 0 bridgehead atoms. The molecule has 0 saturated heterocycles. The second-order valence-corrected chi connectivity index (χ2v) is 3.74. The molecule has 5 heteroatoms. The molecule has 0 amide bonds. The number of nitrogen functional groups attached to an aromatic ring is 1. The third-order valence-electron chi connectivity index (χ3n) is 2.32. The number of anilines is 2. The highest BCUT2D eigenvalue weighted by molar-refractivity contribution is 5.77. The molecule has 3 N–H and O–H groups in total. The fourth-order valence-electron chi connectivity index (χ4n) is 1.66. The average Bonchev–Trinajstić information content (AvgIpc) is 2.63. The van der Waals surface area contributed by atoms with Gasteiger partial charge in [-0.15, -0.1) is 0 Å². The van der Waals surface area contributed by atoms with Gasteiger partial charge in [-0.2, -0.15) is 5.10 Å². The van der Waals surface area contributed by atoms with Gasteiger partial charge in [0.05, 0.1) is 11.4 Å². The molecule has 0 fully saturated rings. The van der Waals surface area contributed by atoms with E-state index in [0.29, 0.717) is 17.2 Å². The predicted molar refractivity (Wildman–Crippen MR) is 62.7 cm³/mol. The molecule has 0 aliphatic rings. The molecule has 0 aliphatic heterocycles. The molecule has 4 nitrogen and oxygen atoms in total. The Hall–Kier alpha value is -2.04. The maximum absolute atomic E-state index is 13.7. The third kappa shape index (κ3) is 1.71. The summed E-state index contributed by atoms with van der Waals surface area (Å²) in [6, 6.07) is 6.60. The number of benzene rings is 1. The lowest BCUT2D eigenvalue weighted by Crippen LogP contribution is -2.12. The summed E-state index contributed by atoms with van der Waals surface area (Å²) in [5.74, 6) is 0.125. The fourth-order valence-corrected chi connectivity index (χ4v) is 1.66. The number of halogens is 1. The number of nitrogens with zero attached hydrogens (tertiary/aromatic N) is 2. The summed E-state index contributed by atoms with van der Waals surface area (Å²) in [6.45, 7) is 0. The van der Waals surface area contributed by atoms with Gasteiger partial charge in [0.15, 0.2) is 0 Å². The van der Waals surface area contributed by atoms with Crippen LogP contribution in [0.4, 0.5) is 15.9 Å². The number of hydrogen-bond acceptors (Lipinski definition) is 3. The van der Waals surface area contributed by atoms with Gasteiger partial charge in [0, 0.05) is 25.7 Å². The van der Waals surface area contributed by atoms with Crippen LogP contribution in [0.2, 0.25) is 0 Å². The van der Waals surface area contributed by atoms with Crippen LogP contribution < -0.4 is 10.6 Å². The molecule has 0 unspecified atom stereocenters. The third-order valence-corrected chi connectivity index (χ3v) is 2.32. The molecule has 2 aromatic rings. The molecule has 0 spiro atoms. The van der Waals surface area contributed by atoms with Gasteiger partial charge in [0.2, 0.25) is 0 Å². The number of para-hydroxylation sites is 1. The van der Waals surface area contributed by atoms with Crippen LogP contribution in [-0.4, -0.2) is 24.3 Å². The lowest BCUT2D eigenvalue weighted by Gasteiger charge is -2.17. The van der Waals surface area contributed by atoms with Crippen LogP contribution in [0.5, 0.6) is 0 Å². The molecule has 16 heavy (non-hydrogen) atoms. The minimum Gasteiger partial charge on any atom is -0.382 e. The van der Waals surface area contributed by atoms with Crippen molar-refractivity contribution in [3.05, 3.63) is 30.1 Å². The van der Waals surface area contributed by atoms with Crippen molar-refractivity contribution >= 4 is 11.5 Å². The summed E-state index contributed by atoms with van der Waals surface area (Å²) < 4.78 is 13.7. The van der Waals surface area contributed by atoms with Crippen LogP contribution in [-0.2, 0) is 0 Å².